The molecule has 1 unspecified atom stereocenters. The predicted molar refractivity (Wildman–Crippen MR) is 131 cm³/mol. The second-order valence-corrected chi connectivity index (χ2v) is 8.89. The van der Waals surface area contributed by atoms with E-state index in [0.717, 1.165) is 40.5 Å². The second-order valence-electron chi connectivity index (χ2n) is 8.37. The Labute approximate surface area is 189 Å². The lowest BCUT2D eigenvalue weighted by Gasteiger charge is -2.17. The Morgan fingerprint density at radius 3 is 2.74 bits per heavy atom. The fourth-order valence-corrected chi connectivity index (χ4v) is 4.12. The van der Waals surface area contributed by atoms with Crippen molar-refractivity contribution < 1.29 is 4.74 Å². The Hall–Kier alpha value is -2.77. The van der Waals surface area contributed by atoms with Crippen molar-refractivity contribution in [1.82, 2.24) is 14.9 Å². The number of thiol groups is 1. The highest BCUT2D eigenvalue weighted by Crippen LogP contribution is 2.26. The third-order valence-electron chi connectivity index (χ3n) is 5.43. The molecule has 4 N–H and O–H groups in total. The molecule has 3 aromatic rings. The summed E-state index contributed by atoms with van der Waals surface area (Å²) in [7, 11) is 1.64. The first kappa shape index (κ1) is 22.9. The smallest absolute Gasteiger partial charge is 0.119 e. The van der Waals surface area contributed by atoms with Gasteiger partial charge in [0.1, 0.15) is 5.75 Å². The molecule has 1 atom stereocenters. The number of rotatable bonds is 5. The lowest BCUT2D eigenvalue weighted by molar-refractivity contribution is 0.413. The number of hydrogen-bond acceptors (Lipinski definition) is 6. The molecule has 2 aromatic heterocycles. The summed E-state index contributed by atoms with van der Waals surface area (Å²) in [5, 5.41) is 10.9. The molecule has 7 heteroatoms. The summed E-state index contributed by atoms with van der Waals surface area (Å²) in [6.45, 7) is 6.58. The molecule has 31 heavy (non-hydrogen) atoms. The number of nitrogens with zero attached hydrogens (tertiary/aromatic N) is 2. The molecule has 4 rings (SSSR count). The molecule has 1 fully saturated rings. The van der Waals surface area contributed by atoms with E-state index in [4.69, 9.17) is 15.9 Å². The zero-order valence-electron chi connectivity index (χ0n) is 18.3. The van der Waals surface area contributed by atoms with Gasteiger partial charge in [-0.3, -0.25) is 0 Å². The van der Waals surface area contributed by atoms with Crippen LogP contribution in [0.3, 0.4) is 0 Å². The summed E-state index contributed by atoms with van der Waals surface area (Å²) in [6.07, 6.45) is 5.94. The van der Waals surface area contributed by atoms with E-state index in [1.165, 1.54) is 18.8 Å². The van der Waals surface area contributed by atoms with Crippen LogP contribution >= 0.6 is 12.6 Å². The second kappa shape index (κ2) is 10.0. The van der Waals surface area contributed by atoms with Gasteiger partial charge in [0, 0.05) is 47.7 Å². The maximum absolute atomic E-state index is 7.37. The molecule has 0 amide bonds. The Kier molecular flexibility index (Phi) is 7.41. The van der Waals surface area contributed by atoms with Gasteiger partial charge in [-0.15, -0.1) is 12.6 Å². The number of aromatic nitrogens is 2. The van der Waals surface area contributed by atoms with Gasteiger partial charge in [0.25, 0.3) is 0 Å². The van der Waals surface area contributed by atoms with Crippen LogP contribution in [-0.4, -0.2) is 35.0 Å². The van der Waals surface area contributed by atoms with E-state index in [1.807, 2.05) is 36.4 Å². The van der Waals surface area contributed by atoms with Crippen molar-refractivity contribution in [3.05, 3.63) is 60.6 Å². The Balaban J connectivity index is 0.000000254. The predicted octanol–water partition coefficient (Wildman–Crippen LogP) is 4.36. The van der Waals surface area contributed by atoms with Gasteiger partial charge >= 0.3 is 0 Å². The van der Waals surface area contributed by atoms with E-state index in [0.29, 0.717) is 11.5 Å². The number of methoxy groups -OCH3 is 1. The molecular weight excluding hydrogens is 406 g/mol. The quantitative estimate of drug-likeness (QED) is 0.353. The molecule has 3 heterocycles. The van der Waals surface area contributed by atoms with Crippen molar-refractivity contribution >= 4 is 35.4 Å². The minimum atomic E-state index is 0.240. The van der Waals surface area contributed by atoms with Crippen molar-refractivity contribution in [2.24, 2.45) is 11.7 Å². The van der Waals surface area contributed by atoms with E-state index in [2.05, 4.69) is 53.6 Å². The minimum Gasteiger partial charge on any atom is -0.497 e. The van der Waals surface area contributed by atoms with Gasteiger partial charge in [0.2, 0.25) is 0 Å². The van der Waals surface area contributed by atoms with Crippen LogP contribution in [0.25, 0.3) is 16.6 Å². The average Bonchev–Trinajstić information content (AvgIpc) is 3.31. The van der Waals surface area contributed by atoms with Gasteiger partial charge in [0.15, 0.2) is 0 Å². The number of ether oxygens (including phenoxy) is 1. The van der Waals surface area contributed by atoms with Crippen molar-refractivity contribution in [2.45, 2.75) is 37.2 Å². The largest absolute Gasteiger partial charge is 0.497 e. The van der Waals surface area contributed by atoms with Crippen LogP contribution in [-0.2, 0) is 6.54 Å². The molecule has 0 aliphatic carbocycles. The van der Waals surface area contributed by atoms with Crippen LogP contribution in [0.4, 0.5) is 0 Å². The normalized spacial score (nSPS) is 17.8. The first-order valence-electron chi connectivity index (χ1n) is 10.3. The molecule has 1 aliphatic heterocycles. The summed E-state index contributed by atoms with van der Waals surface area (Å²) in [6, 6.07) is 13.6. The molecule has 0 spiro atoms. The highest BCUT2D eigenvalue weighted by molar-refractivity contribution is 7.80. The number of hydrogen-bond donors (Lipinski definition) is 4. The molecule has 0 radical (unpaired) electrons. The summed E-state index contributed by atoms with van der Waals surface area (Å²) in [5.74, 6) is 1.49. The van der Waals surface area contributed by atoms with Gasteiger partial charge < -0.3 is 25.8 Å². The molecule has 1 saturated heterocycles. The van der Waals surface area contributed by atoms with E-state index in [1.54, 1.807) is 7.11 Å². The van der Waals surface area contributed by atoms with Crippen LogP contribution in [0.5, 0.6) is 5.75 Å². The third kappa shape index (κ3) is 5.89. The maximum atomic E-state index is 7.37. The van der Waals surface area contributed by atoms with Gasteiger partial charge in [-0.2, -0.15) is 0 Å². The number of benzene rings is 1. The average molecular weight is 438 g/mol. The number of nitrogens with one attached hydrogen (secondary N) is 2. The first-order valence-corrected chi connectivity index (χ1v) is 10.8. The molecule has 0 saturated carbocycles. The van der Waals surface area contributed by atoms with E-state index in [9.17, 15) is 0 Å². The Bertz CT molecular complexity index is 1070. The number of fused-ring (bicyclic) bond motifs is 1. The van der Waals surface area contributed by atoms with Crippen molar-refractivity contribution in [1.29, 1.82) is 5.41 Å². The summed E-state index contributed by atoms with van der Waals surface area (Å²) in [4.78, 5) is 5.53. The lowest BCUT2D eigenvalue weighted by Crippen LogP contribution is -2.31. The minimum absolute atomic E-state index is 0.240. The molecule has 1 aromatic carbocycles. The summed E-state index contributed by atoms with van der Waals surface area (Å²) >= 11 is 4.13. The summed E-state index contributed by atoms with van der Waals surface area (Å²) < 4.78 is 7.22. The topological polar surface area (TPSA) is 89.0 Å². The number of pyridine rings is 1. The van der Waals surface area contributed by atoms with E-state index in [-0.39, 0.29) is 5.54 Å². The van der Waals surface area contributed by atoms with Gasteiger partial charge in [-0.1, -0.05) is 6.07 Å². The van der Waals surface area contributed by atoms with Crippen molar-refractivity contribution in [2.75, 3.05) is 13.7 Å². The maximum Gasteiger partial charge on any atom is 0.119 e. The van der Waals surface area contributed by atoms with Crippen LogP contribution in [0.2, 0.25) is 0 Å². The van der Waals surface area contributed by atoms with Gasteiger partial charge in [-0.05, 0) is 62.6 Å². The van der Waals surface area contributed by atoms with Gasteiger partial charge in [-0.25, -0.2) is 4.98 Å². The van der Waals surface area contributed by atoms with E-state index >= 15 is 0 Å². The Morgan fingerprint density at radius 1 is 1.35 bits per heavy atom. The third-order valence-corrected chi connectivity index (χ3v) is 5.71. The van der Waals surface area contributed by atoms with Crippen molar-refractivity contribution in [3.8, 4) is 5.75 Å². The fourth-order valence-electron chi connectivity index (χ4n) is 3.91. The molecule has 0 bridgehead atoms. The highest BCUT2D eigenvalue weighted by atomic mass is 32.1. The SMILES string of the molecule is CC1(C)CC(Cn2ccc3nc(/C(C=N)=C/N)ccc32)CN1.COc1cccc(S)c1. The molecule has 1 aliphatic rings. The first-order chi connectivity index (χ1) is 14.8. The fraction of sp³-hybridized carbons (Fsp3) is 0.333. The monoisotopic (exact) mass is 437 g/mol. The lowest BCUT2D eigenvalue weighted by atomic mass is 9.97. The van der Waals surface area contributed by atoms with Crippen LogP contribution in [0.15, 0.2) is 59.8 Å². The van der Waals surface area contributed by atoms with Gasteiger partial charge in [0.05, 0.1) is 23.8 Å². The molecule has 6 nitrogen and oxygen atoms in total. The highest BCUT2D eigenvalue weighted by Gasteiger charge is 2.30. The Morgan fingerprint density at radius 2 is 2.16 bits per heavy atom. The zero-order valence-corrected chi connectivity index (χ0v) is 19.2. The van der Waals surface area contributed by atoms with Crippen LogP contribution < -0.4 is 15.8 Å². The molecular formula is C24H31N5OS. The molecule has 164 valence electrons. The standard InChI is InChI=1S/C17H23N5.C7H8OS/c1-17(2)7-12(10-20-17)11-22-6-5-15-16(22)4-3-14(21-15)13(8-18)9-19;1-8-6-3-2-4-7(9)5-6/h3-6,8-9,12,18,20H,7,10-11,19H2,1-2H3;2-5,9H,1H3/b13-9+,18-8?;. The number of nitrogens with two attached hydrogens (primary N) is 1. The zero-order chi connectivity index (χ0) is 22.4. The number of allylic oxidation sites excluding steroid dienone is 1. The van der Waals surface area contributed by atoms with Crippen molar-refractivity contribution in [3.63, 3.8) is 0 Å². The van der Waals surface area contributed by atoms with E-state index < -0.39 is 0 Å². The van der Waals surface area contributed by atoms with Crippen LogP contribution in [0.1, 0.15) is 26.0 Å². The summed E-state index contributed by atoms with van der Waals surface area (Å²) in [5.41, 5.74) is 9.23. The van der Waals surface area contributed by atoms with Crippen LogP contribution in [0, 0.1) is 11.3 Å².